The van der Waals surface area contributed by atoms with Crippen LogP contribution in [0.3, 0.4) is 0 Å². The summed E-state index contributed by atoms with van der Waals surface area (Å²) in [6.07, 6.45) is 2.72. The molecule has 0 amide bonds. The Hall–Kier alpha value is -1.02. The van der Waals surface area contributed by atoms with Crippen LogP contribution in [0.4, 0.5) is 5.69 Å². The number of rotatable bonds is 1. The first-order chi connectivity index (χ1) is 9.23. The van der Waals surface area contributed by atoms with Gasteiger partial charge in [-0.2, -0.15) is 0 Å². The van der Waals surface area contributed by atoms with Crippen LogP contribution in [-0.2, 0) is 17.4 Å². The third-order valence-electron chi connectivity index (χ3n) is 4.94. The van der Waals surface area contributed by atoms with Crippen molar-refractivity contribution in [1.29, 1.82) is 0 Å². The first-order valence-electron chi connectivity index (χ1n) is 7.77. The zero-order chi connectivity index (χ0) is 14.7. The van der Waals surface area contributed by atoms with E-state index in [9.17, 15) is 0 Å². The van der Waals surface area contributed by atoms with Gasteiger partial charge in [0.25, 0.3) is 0 Å². The lowest BCUT2D eigenvalue weighted by Gasteiger charge is -2.37. The Morgan fingerprint density at radius 1 is 1.15 bits per heavy atom. The van der Waals surface area contributed by atoms with Crippen molar-refractivity contribution in [3.63, 3.8) is 0 Å². The molecule has 0 radical (unpaired) electrons. The van der Waals surface area contributed by atoms with Crippen molar-refractivity contribution < 1.29 is 0 Å². The van der Waals surface area contributed by atoms with E-state index < -0.39 is 0 Å². The fourth-order valence-corrected chi connectivity index (χ4v) is 3.71. The maximum atomic E-state index is 2.50. The summed E-state index contributed by atoms with van der Waals surface area (Å²) in [6, 6.07) is 4.91. The number of fused-ring (bicyclic) bond motifs is 2. The van der Waals surface area contributed by atoms with Gasteiger partial charge in [-0.1, -0.05) is 26.8 Å². The highest BCUT2D eigenvalue weighted by atomic mass is 15.1. The molecule has 3 rings (SSSR count). The number of hydrogen-bond donors (Lipinski definition) is 0. The van der Waals surface area contributed by atoms with Gasteiger partial charge in [-0.25, -0.2) is 0 Å². The Bertz CT molecular complexity index is 533. The molecule has 2 aliphatic rings. The molecule has 0 bridgehead atoms. The van der Waals surface area contributed by atoms with Gasteiger partial charge in [0.15, 0.2) is 0 Å². The summed E-state index contributed by atoms with van der Waals surface area (Å²) in [5.41, 5.74) is 6.80. The van der Waals surface area contributed by atoms with Gasteiger partial charge in [-0.05, 0) is 48.1 Å². The van der Waals surface area contributed by atoms with Gasteiger partial charge in [0.05, 0.1) is 0 Å². The summed E-state index contributed by atoms with van der Waals surface area (Å²) in [6.45, 7) is 9.27. The molecule has 0 aromatic heterocycles. The van der Waals surface area contributed by atoms with E-state index in [-0.39, 0.29) is 5.41 Å². The predicted octanol–water partition coefficient (Wildman–Crippen LogP) is 3.53. The van der Waals surface area contributed by atoms with Crippen LogP contribution in [0.2, 0.25) is 0 Å². The smallest absolute Gasteiger partial charge is 0.0406 e. The molecule has 110 valence electrons. The minimum atomic E-state index is 0.215. The minimum Gasteiger partial charge on any atom is -0.377 e. The average molecular weight is 272 g/mol. The Morgan fingerprint density at radius 2 is 1.80 bits per heavy atom. The zero-order valence-corrected chi connectivity index (χ0v) is 13.9. The number of anilines is 1. The van der Waals surface area contributed by atoms with Crippen molar-refractivity contribution in [2.75, 3.05) is 32.6 Å². The molecule has 20 heavy (non-hydrogen) atoms. The second-order valence-corrected chi connectivity index (χ2v) is 8.13. The van der Waals surface area contributed by atoms with Crippen molar-refractivity contribution >= 4 is 5.69 Å². The normalized spacial score (nSPS) is 20.9. The summed E-state index contributed by atoms with van der Waals surface area (Å²) in [7, 11) is 6.65. The topological polar surface area (TPSA) is 6.48 Å². The lowest BCUT2D eigenvalue weighted by atomic mass is 9.79. The molecule has 1 saturated carbocycles. The molecular weight excluding hydrogens is 244 g/mol. The van der Waals surface area contributed by atoms with Crippen LogP contribution in [0, 0.1) is 0 Å². The second kappa shape index (κ2) is 4.24. The quantitative estimate of drug-likeness (QED) is 0.771. The second-order valence-electron chi connectivity index (χ2n) is 8.13. The Morgan fingerprint density at radius 3 is 2.30 bits per heavy atom. The van der Waals surface area contributed by atoms with Crippen molar-refractivity contribution in [1.82, 2.24) is 4.90 Å². The van der Waals surface area contributed by atoms with Gasteiger partial charge in [0.2, 0.25) is 0 Å². The summed E-state index contributed by atoms with van der Waals surface area (Å²) in [5.74, 6) is 0. The molecule has 1 aromatic rings. The summed E-state index contributed by atoms with van der Waals surface area (Å²) in [5, 5.41) is 0. The van der Waals surface area contributed by atoms with Crippen molar-refractivity contribution in [2.45, 2.75) is 51.0 Å². The third kappa shape index (κ3) is 2.14. The molecule has 0 N–H and O–H groups in total. The molecular formula is C18H28N2. The summed E-state index contributed by atoms with van der Waals surface area (Å²) >= 11 is 0. The lowest BCUT2D eigenvalue weighted by molar-refractivity contribution is 0.271. The third-order valence-corrected chi connectivity index (χ3v) is 4.94. The zero-order valence-electron chi connectivity index (χ0n) is 13.9. The van der Waals surface area contributed by atoms with Crippen LogP contribution in [0.25, 0.3) is 0 Å². The highest BCUT2D eigenvalue weighted by Crippen LogP contribution is 2.55. The van der Waals surface area contributed by atoms with E-state index >= 15 is 0 Å². The molecule has 0 saturated heterocycles. The summed E-state index contributed by atoms with van der Waals surface area (Å²) in [4.78, 5) is 4.82. The largest absolute Gasteiger partial charge is 0.377 e. The molecule has 0 atom stereocenters. The molecule has 1 aliphatic heterocycles. The standard InChI is InChI=1S/C18H28N2/c1-17(2,3)14-9-13-11-20(6)12-18(7-8-18)16(13)15(10-14)19(4)5/h9-10H,7-8,11-12H2,1-6H3. The molecule has 1 heterocycles. The molecule has 2 nitrogen and oxygen atoms in total. The Balaban J connectivity index is 2.21. The first kappa shape index (κ1) is 13.9. The molecule has 1 spiro atoms. The minimum absolute atomic E-state index is 0.215. The van der Waals surface area contributed by atoms with Gasteiger partial charge < -0.3 is 9.80 Å². The molecule has 1 fully saturated rings. The van der Waals surface area contributed by atoms with E-state index in [0.717, 1.165) is 6.54 Å². The number of hydrogen-bond acceptors (Lipinski definition) is 2. The number of nitrogens with zero attached hydrogens (tertiary/aromatic N) is 2. The van der Waals surface area contributed by atoms with E-state index in [4.69, 9.17) is 0 Å². The van der Waals surface area contributed by atoms with E-state index in [1.165, 1.54) is 30.6 Å². The molecule has 1 aromatic carbocycles. The van der Waals surface area contributed by atoms with Gasteiger partial charge in [0.1, 0.15) is 0 Å². The van der Waals surface area contributed by atoms with Crippen molar-refractivity contribution in [3.05, 3.63) is 28.8 Å². The molecule has 1 aliphatic carbocycles. The van der Waals surface area contributed by atoms with Crippen molar-refractivity contribution in [3.8, 4) is 0 Å². The highest BCUT2D eigenvalue weighted by molar-refractivity contribution is 5.64. The van der Waals surface area contributed by atoms with Crippen LogP contribution in [0.5, 0.6) is 0 Å². The summed E-state index contributed by atoms with van der Waals surface area (Å²) < 4.78 is 0. The fraction of sp³-hybridized carbons (Fsp3) is 0.667. The SMILES string of the molecule is CN1Cc2cc(C(C)(C)C)cc(N(C)C)c2C2(CC2)C1. The maximum absolute atomic E-state index is 2.50. The monoisotopic (exact) mass is 272 g/mol. The molecule has 0 unspecified atom stereocenters. The first-order valence-corrected chi connectivity index (χ1v) is 7.77. The maximum Gasteiger partial charge on any atom is 0.0406 e. The Kier molecular flexibility index (Phi) is 2.95. The van der Waals surface area contributed by atoms with Gasteiger partial charge in [-0.15, -0.1) is 0 Å². The van der Waals surface area contributed by atoms with E-state index in [2.05, 4.69) is 63.8 Å². The van der Waals surface area contributed by atoms with Crippen molar-refractivity contribution in [2.24, 2.45) is 0 Å². The predicted molar refractivity (Wildman–Crippen MR) is 86.7 cm³/mol. The van der Waals surface area contributed by atoms with Crippen LogP contribution < -0.4 is 4.90 Å². The van der Waals surface area contributed by atoms with Gasteiger partial charge in [-0.3, -0.25) is 0 Å². The molecule has 2 heteroatoms. The average Bonchev–Trinajstić information content (AvgIpc) is 3.05. The van der Waals surface area contributed by atoms with E-state index in [1.807, 2.05) is 0 Å². The number of benzene rings is 1. The van der Waals surface area contributed by atoms with Crippen LogP contribution in [-0.4, -0.2) is 32.6 Å². The number of likely N-dealkylation sites (N-methyl/N-ethyl adjacent to an activating group) is 1. The van der Waals surface area contributed by atoms with Crippen LogP contribution in [0.1, 0.15) is 50.3 Å². The highest BCUT2D eigenvalue weighted by Gasteiger charge is 2.50. The lowest BCUT2D eigenvalue weighted by Crippen LogP contribution is -2.37. The fourth-order valence-electron chi connectivity index (χ4n) is 3.71. The van der Waals surface area contributed by atoms with E-state index in [1.54, 1.807) is 11.1 Å². The Labute approximate surface area is 123 Å². The van der Waals surface area contributed by atoms with Crippen LogP contribution in [0.15, 0.2) is 12.1 Å². The van der Waals surface area contributed by atoms with Gasteiger partial charge in [0, 0.05) is 38.3 Å². The van der Waals surface area contributed by atoms with E-state index in [0.29, 0.717) is 5.41 Å². The van der Waals surface area contributed by atoms with Gasteiger partial charge >= 0.3 is 0 Å². The van der Waals surface area contributed by atoms with Crippen LogP contribution >= 0.6 is 0 Å².